The van der Waals surface area contributed by atoms with Crippen LogP contribution in [-0.4, -0.2) is 29.0 Å². The maximum atomic E-state index is 12.8. The van der Waals surface area contributed by atoms with Gasteiger partial charge in [0.1, 0.15) is 5.03 Å². The highest BCUT2D eigenvalue weighted by Gasteiger charge is 2.28. The third-order valence-corrected chi connectivity index (χ3v) is 6.50. The van der Waals surface area contributed by atoms with Crippen molar-refractivity contribution in [3.63, 3.8) is 0 Å². The highest BCUT2D eigenvalue weighted by atomic mass is 35.5. The number of amides is 1. The number of carbonyl (C=O) groups excluding carboxylic acids is 1. The summed E-state index contributed by atoms with van der Waals surface area (Å²) in [6.07, 6.45) is 5.26. The summed E-state index contributed by atoms with van der Waals surface area (Å²) in [5.41, 5.74) is 2.21. The molecule has 1 N–H and O–H groups in total. The van der Waals surface area contributed by atoms with E-state index in [2.05, 4.69) is 51.4 Å². The lowest BCUT2D eigenvalue weighted by Gasteiger charge is -2.33. The zero-order valence-corrected chi connectivity index (χ0v) is 19.0. The van der Waals surface area contributed by atoms with Crippen molar-refractivity contribution in [3.8, 4) is 0 Å². The molecule has 1 aliphatic rings. The van der Waals surface area contributed by atoms with Crippen molar-refractivity contribution in [2.75, 3.05) is 18.0 Å². The normalized spacial score (nSPS) is 16.2. The van der Waals surface area contributed by atoms with Gasteiger partial charge in [0.2, 0.25) is 5.91 Å². The van der Waals surface area contributed by atoms with E-state index in [0.29, 0.717) is 18.1 Å². The van der Waals surface area contributed by atoms with Gasteiger partial charge in [-0.05, 0) is 49.6 Å². The predicted molar refractivity (Wildman–Crippen MR) is 126 cm³/mol. The zero-order valence-electron chi connectivity index (χ0n) is 17.4. The summed E-state index contributed by atoms with van der Waals surface area (Å²) in [5, 5.41) is 4.61. The molecule has 1 saturated heterocycles. The fraction of sp³-hybridized carbons (Fsp3) is 0.292. The van der Waals surface area contributed by atoms with E-state index in [4.69, 9.17) is 11.6 Å². The lowest BCUT2D eigenvalue weighted by Crippen LogP contribution is -2.43. The van der Waals surface area contributed by atoms with E-state index in [1.54, 1.807) is 24.2 Å². The SMILES string of the molecule is Cc1cccc(Sc2nccnc2N2CCCC(C(=O)NCc3cccc(Cl)c3)C2)c1. The van der Waals surface area contributed by atoms with Crippen molar-refractivity contribution < 1.29 is 4.79 Å². The van der Waals surface area contributed by atoms with Crippen LogP contribution in [0.15, 0.2) is 70.8 Å². The lowest BCUT2D eigenvalue weighted by atomic mass is 9.97. The molecule has 31 heavy (non-hydrogen) atoms. The Morgan fingerprint density at radius 2 is 2.03 bits per heavy atom. The van der Waals surface area contributed by atoms with Crippen molar-refractivity contribution in [2.45, 2.75) is 36.2 Å². The van der Waals surface area contributed by atoms with Crippen LogP contribution in [0.5, 0.6) is 0 Å². The van der Waals surface area contributed by atoms with Crippen LogP contribution in [0.1, 0.15) is 24.0 Å². The predicted octanol–water partition coefficient (Wildman–Crippen LogP) is 5.12. The molecule has 7 heteroatoms. The Labute approximate surface area is 192 Å². The first-order chi connectivity index (χ1) is 15.1. The van der Waals surface area contributed by atoms with E-state index in [-0.39, 0.29) is 11.8 Å². The van der Waals surface area contributed by atoms with Crippen molar-refractivity contribution in [3.05, 3.63) is 77.1 Å². The van der Waals surface area contributed by atoms with Gasteiger partial charge in [0.15, 0.2) is 5.82 Å². The number of halogens is 1. The van der Waals surface area contributed by atoms with E-state index < -0.39 is 0 Å². The second-order valence-electron chi connectivity index (χ2n) is 7.74. The van der Waals surface area contributed by atoms with E-state index in [0.717, 1.165) is 40.7 Å². The standard InChI is InChI=1S/C24H25ClN4OS/c1-17-5-2-9-21(13-17)31-24-22(26-10-11-27-24)29-12-4-7-19(16-29)23(30)28-15-18-6-3-8-20(25)14-18/h2-3,5-6,8-11,13-14,19H,4,7,12,15-16H2,1H3,(H,28,30). The van der Waals surface area contributed by atoms with Crippen LogP contribution in [0.4, 0.5) is 5.82 Å². The summed E-state index contributed by atoms with van der Waals surface area (Å²) in [7, 11) is 0. The molecule has 1 unspecified atom stereocenters. The number of aryl methyl sites for hydroxylation is 1. The maximum Gasteiger partial charge on any atom is 0.225 e. The minimum absolute atomic E-state index is 0.0708. The molecular weight excluding hydrogens is 428 g/mol. The van der Waals surface area contributed by atoms with Crippen LogP contribution in [0.25, 0.3) is 0 Å². The van der Waals surface area contributed by atoms with Gasteiger partial charge < -0.3 is 10.2 Å². The molecule has 0 bridgehead atoms. The van der Waals surface area contributed by atoms with Gasteiger partial charge in [-0.3, -0.25) is 4.79 Å². The number of aromatic nitrogens is 2. The molecule has 3 aromatic rings. The Morgan fingerprint density at radius 3 is 2.87 bits per heavy atom. The van der Waals surface area contributed by atoms with E-state index >= 15 is 0 Å². The van der Waals surface area contributed by atoms with Crippen LogP contribution < -0.4 is 10.2 Å². The molecule has 1 aliphatic heterocycles. The maximum absolute atomic E-state index is 12.8. The molecule has 2 aromatic carbocycles. The molecule has 1 amide bonds. The molecule has 5 nitrogen and oxygen atoms in total. The van der Waals surface area contributed by atoms with Gasteiger partial charge in [-0.15, -0.1) is 0 Å². The van der Waals surface area contributed by atoms with Crippen molar-refractivity contribution >= 4 is 35.1 Å². The smallest absolute Gasteiger partial charge is 0.225 e. The Bertz CT molecular complexity index is 1060. The van der Waals surface area contributed by atoms with Crippen LogP contribution in [0, 0.1) is 12.8 Å². The first-order valence-corrected chi connectivity index (χ1v) is 11.6. The van der Waals surface area contributed by atoms with Crippen molar-refractivity contribution in [2.24, 2.45) is 5.92 Å². The highest BCUT2D eigenvalue weighted by Crippen LogP contribution is 2.34. The summed E-state index contributed by atoms with van der Waals surface area (Å²) >= 11 is 7.66. The minimum Gasteiger partial charge on any atom is -0.354 e. The molecule has 0 radical (unpaired) electrons. The Morgan fingerprint density at radius 1 is 1.19 bits per heavy atom. The molecule has 1 atom stereocenters. The fourth-order valence-corrected chi connectivity index (χ4v) is 4.98. The third kappa shape index (κ3) is 5.77. The van der Waals surface area contributed by atoms with Gasteiger partial charge in [0.05, 0.1) is 5.92 Å². The number of hydrogen-bond acceptors (Lipinski definition) is 5. The Kier molecular flexibility index (Phi) is 7.10. The number of nitrogens with zero attached hydrogens (tertiary/aromatic N) is 3. The van der Waals surface area contributed by atoms with Crippen LogP contribution in [0.3, 0.4) is 0 Å². The fourth-order valence-electron chi connectivity index (χ4n) is 3.76. The van der Waals surface area contributed by atoms with E-state index in [9.17, 15) is 4.79 Å². The van der Waals surface area contributed by atoms with Crippen LogP contribution in [0.2, 0.25) is 5.02 Å². The number of piperidine rings is 1. The summed E-state index contributed by atoms with van der Waals surface area (Å²) in [4.78, 5) is 25.4. The largest absolute Gasteiger partial charge is 0.354 e. The molecule has 160 valence electrons. The van der Waals surface area contributed by atoms with E-state index in [1.165, 1.54) is 5.56 Å². The summed E-state index contributed by atoms with van der Waals surface area (Å²) in [6, 6.07) is 15.9. The first-order valence-electron chi connectivity index (χ1n) is 10.4. The minimum atomic E-state index is -0.0771. The average molecular weight is 453 g/mol. The number of nitrogens with one attached hydrogen (secondary N) is 1. The number of hydrogen-bond donors (Lipinski definition) is 1. The quantitative estimate of drug-likeness (QED) is 0.562. The van der Waals surface area contributed by atoms with E-state index in [1.807, 2.05) is 24.3 Å². The second kappa shape index (κ2) is 10.2. The molecule has 1 fully saturated rings. The summed E-state index contributed by atoms with van der Waals surface area (Å²) < 4.78 is 0. The topological polar surface area (TPSA) is 58.1 Å². The zero-order chi connectivity index (χ0) is 21.6. The lowest BCUT2D eigenvalue weighted by molar-refractivity contribution is -0.125. The second-order valence-corrected chi connectivity index (χ2v) is 9.24. The van der Waals surface area contributed by atoms with Crippen molar-refractivity contribution in [1.82, 2.24) is 15.3 Å². The van der Waals surface area contributed by atoms with Gasteiger partial charge >= 0.3 is 0 Å². The number of carbonyl (C=O) groups is 1. The van der Waals surface area contributed by atoms with Crippen LogP contribution >= 0.6 is 23.4 Å². The highest BCUT2D eigenvalue weighted by molar-refractivity contribution is 7.99. The summed E-state index contributed by atoms with van der Waals surface area (Å²) in [6.45, 7) is 4.08. The molecular formula is C24H25ClN4OS. The van der Waals surface area contributed by atoms with Gasteiger partial charge in [-0.25, -0.2) is 9.97 Å². The monoisotopic (exact) mass is 452 g/mol. The third-order valence-electron chi connectivity index (χ3n) is 5.30. The first kappa shape index (κ1) is 21.7. The van der Waals surface area contributed by atoms with Crippen molar-refractivity contribution in [1.29, 1.82) is 0 Å². The van der Waals surface area contributed by atoms with Crippen LogP contribution in [-0.2, 0) is 11.3 Å². The molecule has 1 aromatic heterocycles. The molecule has 0 saturated carbocycles. The Hall–Kier alpha value is -2.57. The van der Waals surface area contributed by atoms with Gasteiger partial charge in [-0.1, -0.05) is 53.2 Å². The Balaban J connectivity index is 1.43. The molecule has 2 heterocycles. The molecule has 4 rings (SSSR count). The number of anilines is 1. The van der Waals surface area contributed by atoms with Gasteiger partial charge in [0, 0.05) is 41.9 Å². The number of benzene rings is 2. The average Bonchev–Trinajstić information content (AvgIpc) is 2.78. The van der Waals surface area contributed by atoms with Gasteiger partial charge in [-0.2, -0.15) is 0 Å². The molecule has 0 aliphatic carbocycles. The molecule has 0 spiro atoms. The number of rotatable bonds is 6. The van der Waals surface area contributed by atoms with Gasteiger partial charge in [0.25, 0.3) is 0 Å². The summed E-state index contributed by atoms with van der Waals surface area (Å²) in [5.74, 6) is 0.842.